The largest absolute Gasteiger partial charge is 0.389 e. The molecule has 0 aliphatic rings. The van der Waals surface area contributed by atoms with Crippen LogP contribution in [0.15, 0.2) is 0 Å². The molecule has 0 aliphatic carbocycles. The Morgan fingerprint density at radius 3 is 2.50 bits per heavy atom. The molecule has 12 heavy (non-hydrogen) atoms. The minimum absolute atomic E-state index is 0.166. The summed E-state index contributed by atoms with van der Waals surface area (Å²) in [5.41, 5.74) is -0.612. The molecule has 0 rings (SSSR count). The zero-order valence-corrected chi connectivity index (χ0v) is 9.37. The highest BCUT2D eigenvalue weighted by Gasteiger charge is 2.20. The van der Waals surface area contributed by atoms with Crippen LogP contribution in [0, 0.1) is 0 Å². The fourth-order valence-electron chi connectivity index (χ4n) is 0.785. The summed E-state index contributed by atoms with van der Waals surface area (Å²) in [5, 5.41) is 12.9. The predicted octanol–water partition coefficient (Wildman–Crippen LogP) is 1.49. The van der Waals surface area contributed by atoms with Gasteiger partial charge in [-0.3, -0.25) is 0 Å². The van der Waals surface area contributed by atoms with Gasteiger partial charge in [0.25, 0.3) is 0 Å². The molecule has 0 heterocycles. The minimum Gasteiger partial charge on any atom is -0.389 e. The van der Waals surface area contributed by atoms with Gasteiger partial charge < -0.3 is 10.4 Å². The highest BCUT2D eigenvalue weighted by Crippen LogP contribution is 2.07. The number of aliphatic hydroxyl groups is 1. The third kappa shape index (κ3) is 5.86. The van der Waals surface area contributed by atoms with Gasteiger partial charge in [0.15, 0.2) is 0 Å². The van der Waals surface area contributed by atoms with Gasteiger partial charge in [-0.2, -0.15) is 11.8 Å². The van der Waals surface area contributed by atoms with E-state index >= 15 is 0 Å². The van der Waals surface area contributed by atoms with Crippen molar-refractivity contribution in [3.8, 4) is 0 Å². The average molecular weight is 191 g/mol. The van der Waals surface area contributed by atoms with Crippen molar-refractivity contribution in [3.05, 3.63) is 0 Å². The first-order valence-corrected chi connectivity index (χ1v) is 5.82. The molecule has 0 aromatic carbocycles. The van der Waals surface area contributed by atoms with Crippen molar-refractivity contribution in [2.45, 2.75) is 38.8 Å². The van der Waals surface area contributed by atoms with Crippen molar-refractivity contribution >= 4 is 11.8 Å². The van der Waals surface area contributed by atoms with Gasteiger partial charge >= 0.3 is 0 Å². The second-order valence-electron chi connectivity index (χ2n) is 3.68. The summed E-state index contributed by atoms with van der Waals surface area (Å²) in [4.78, 5) is 0. The summed E-state index contributed by atoms with van der Waals surface area (Å²) in [6, 6.07) is 0.166. The summed E-state index contributed by atoms with van der Waals surface area (Å²) in [6.45, 7) is 6.67. The maximum atomic E-state index is 9.57. The molecule has 0 aliphatic heterocycles. The van der Waals surface area contributed by atoms with Gasteiger partial charge in [0, 0.05) is 6.04 Å². The Morgan fingerprint density at radius 1 is 1.50 bits per heavy atom. The van der Waals surface area contributed by atoms with Gasteiger partial charge in [-0.25, -0.2) is 0 Å². The van der Waals surface area contributed by atoms with E-state index in [0.717, 1.165) is 6.54 Å². The summed E-state index contributed by atoms with van der Waals surface area (Å²) in [6.07, 6.45) is 3.28. The van der Waals surface area contributed by atoms with Crippen LogP contribution >= 0.6 is 11.8 Å². The first-order chi connectivity index (χ1) is 5.48. The quantitative estimate of drug-likeness (QED) is 0.624. The Kier molecular flexibility index (Phi) is 5.97. The molecule has 0 saturated carbocycles. The summed E-state index contributed by atoms with van der Waals surface area (Å²) in [7, 11) is 0. The molecule has 0 bridgehead atoms. The van der Waals surface area contributed by atoms with Crippen molar-refractivity contribution in [2.75, 3.05) is 18.6 Å². The van der Waals surface area contributed by atoms with Gasteiger partial charge in [0.2, 0.25) is 0 Å². The molecular weight excluding hydrogens is 170 g/mol. The lowest BCUT2D eigenvalue weighted by atomic mass is 10.0. The van der Waals surface area contributed by atoms with Crippen LogP contribution in [0.5, 0.6) is 0 Å². The van der Waals surface area contributed by atoms with Gasteiger partial charge in [-0.05, 0) is 45.7 Å². The van der Waals surface area contributed by atoms with E-state index in [0.29, 0.717) is 0 Å². The molecule has 0 amide bonds. The molecule has 0 fully saturated rings. The fraction of sp³-hybridized carbons (Fsp3) is 1.00. The van der Waals surface area contributed by atoms with E-state index in [1.165, 1.54) is 12.2 Å². The van der Waals surface area contributed by atoms with Gasteiger partial charge in [-0.1, -0.05) is 0 Å². The monoisotopic (exact) mass is 191 g/mol. The normalized spacial score (nSPS) is 14.8. The van der Waals surface area contributed by atoms with Crippen LogP contribution in [0.2, 0.25) is 0 Å². The Morgan fingerprint density at radius 2 is 2.08 bits per heavy atom. The van der Waals surface area contributed by atoms with Crippen LogP contribution in [0.25, 0.3) is 0 Å². The molecular formula is C9H21NOS. The van der Waals surface area contributed by atoms with Crippen molar-refractivity contribution in [1.29, 1.82) is 0 Å². The van der Waals surface area contributed by atoms with E-state index in [9.17, 15) is 5.11 Å². The lowest BCUT2D eigenvalue weighted by Gasteiger charge is -2.26. The first-order valence-electron chi connectivity index (χ1n) is 4.43. The van der Waals surface area contributed by atoms with Crippen LogP contribution in [-0.2, 0) is 0 Å². The third-order valence-electron chi connectivity index (χ3n) is 2.04. The predicted molar refractivity (Wildman–Crippen MR) is 56.8 cm³/mol. The molecule has 0 radical (unpaired) electrons. The highest BCUT2D eigenvalue weighted by atomic mass is 32.2. The fourth-order valence-corrected chi connectivity index (χ4v) is 1.22. The molecule has 0 aromatic heterocycles. The van der Waals surface area contributed by atoms with E-state index in [1.54, 1.807) is 0 Å². The number of hydrogen-bond donors (Lipinski definition) is 2. The zero-order chi connectivity index (χ0) is 9.61. The number of thioether (sulfide) groups is 1. The summed E-state index contributed by atoms with van der Waals surface area (Å²) < 4.78 is 0. The van der Waals surface area contributed by atoms with Crippen molar-refractivity contribution in [2.24, 2.45) is 0 Å². The average Bonchev–Trinajstić information content (AvgIpc) is 1.96. The smallest absolute Gasteiger partial charge is 0.0741 e. The first kappa shape index (κ1) is 12.3. The molecule has 74 valence electrons. The van der Waals surface area contributed by atoms with Crippen LogP contribution in [-0.4, -0.2) is 35.3 Å². The van der Waals surface area contributed by atoms with E-state index < -0.39 is 5.60 Å². The topological polar surface area (TPSA) is 32.3 Å². The second-order valence-corrected chi connectivity index (χ2v) is 4.66. The lowest BCUT2D eigenvalue weighted by molar-refractivity contribution is 0.0445. The summed E-state index contributed by atoms with van der Waals surface area (Å²) in [5.74, 6) is 1.19. The van der Waals surface area contributed by atoms with E-state index in [1.807, 2.05) is 32.5 Å². The van der Waals surface area contributed by atoms with Gasteiger partial charge in [0.05, 0.1) is 5.60 Å². The maximum Gasteiger partial charge on any atom is 0.0741 e. The molecule has 0 saturated heterocycles. The number of nitrogens with one attached hydrogen (secondary N) is 1. The molecule has 1 unspecified atom stereocenters. The third-order valence-corrected chi connectivity index (χ3v) is 2.73. The Bertz CT molecular complexity index is 112. The Labute approximate surface area is 80.1 Å². The van der Waals surface area contributed by atoms with Crippen LogP contribution < -0.4 is 5.32 Å². The van der Waals surface area contributed by atoms with E-state index in [4.69, 9.17) is 0 Å². The minimum atomic E-state index is -0.612. The number of hydrogen-bond acceptors (Lipinski definition) is 3. The number of rotatable bonds is 6. The van der Waals surface area contributed by atoms with Crippen molar-refractivity contribution in [1.82, 2.24) is 5.32 Å². The SMILES string of the molecule is CSCCCNC(C)C(C)(C)O. The zero-order valence-electron chi connectivity index (χ0n) is 8.55. The molecule has 1 atom stereocenters. The Hall–Kier alpha value is 0.270. The molecule has 2 nitrogen and oxygen atoms in total. The van der Waals surface area contributed by atoms with Gasteiger partial charge in [-0.15, -0.1) is 0 Å². The van der Waals surface area contributed by atoms with E-state index in [2.05, 4.69) is 11.6 Å². The van der Waals surface area contributed by atoms with Crippen molar-refractivity contribution < 1.29 is 5.11 Å². The second kappa shape index (κ2) is 5.84. The summed E-state index contributed by atoms with van der Waals surface area (Å²) >= 11 is 1.86. The molecule has 3 heteroatoms. The molecule has 2 N–H and O–H groups in total. The van der Waals surface area contributed by atoms with E-state index in [-0.39, 0.29) is 6.04 Å². The Balaban J connectivity index is 3.38. The van der Waals surface area contributed by atoms with Crippen LogP contribution in [0.4, 0.5) is 0 Å². The van der Waals surface area contributed by atoms with Crippen LogP contribution in [0.3, 0.4) is 0 Å². The maximum absolute atomic E-state index is 9.57. The molecule has 0 aromatic rings. The van der Waals surface area contributed by atoms with Crippen LogP contribution in [0.1, 0.15) is 27.2 Å². The van der Waals surface area contributed by atoms with Gasteiger partial charge in [0.1, 0.15) is 0 Å². The highest BCUT2D eigenvalue weighted by molar-refractivity contribution is 7.98. The van der Waals surface area contributed by atoms with Crippen molar-refractivity contribution in [3.63, 3.8) is 0 Å². The molecule has 0 spiro atoms. The lowest BCUT2D eigenvalue weighted by Crippen LogP contribution is -2.44. The standard InChI is InChI=1S/C9H21NOS/c1-8(9(2,3)11)10-6-5-7-12-4/h8,10-11H,5-7H2,1-4H3.